The Bertz CT molecular complexity index is 594. The first-order valence-corrected chi connectivity index (χ1v) is 5.59. The molecule has 0 radical (unpaired) electrons. The van der Waals surface area contributed by atoms with Crippen LogP contribution >= 0.6 is 0 Å². The van der Waals surface area contributed by atoms with Gasteiger partial charge in [-0.3, -0.25) is 0 Å². The zero-order valence-corrected chi connectivity index (χ0v) is 10.5. The minimum Gasteiger partial charge on any atom is -0.397 e. The Kier molecular flexibility index (Phi) is 3.20. The van der Waals surface area contributed by atoms with Crippen LogP contribution in [0.5, 0.6) is 0 Å². The zero-order valence-electron chi connectivity index (χ0n) is 10.5. The van der Waals surface area contributed by atoms with E-state index < -0.39 is 0 Å². The average molecular weight is 241 g/mol. The van der Waals surface area contributed by atoms with Crippen molar-refractivity contribution in [3.05, 3.63) is 42.0 Å². The van der Waals surface area contributed by atoms with Gasteiger partial charge in [0, 0.05) is 26.5 Å². The van der Waals surface area contributed by atoms with Crippen molar-refractivity contribution in [3.63, 3.8) is 0 Å². The molecule has 18 heavy (non-hydrogen) atoms. The molecule has 0 aliphatic heterocycles. The van der Waals surface area contributed by atoms with Crippen molar-refractivity contribution in [2.45, 2.75) is 6.54 Å². The van der Waals surface area contributed by atoms with Gasteiger partial charge in [-0.15, -0.1) is 0 Å². The van der Waals surface area contributed by atoms with Crippen molar-refractivity contribution in [1.29, 1.82) is 5.26 Å². The Labute approximate surface area is 106 Å². The second-order valence-electron chi connectivity index (χ2n) is 4.20. The number of hydrogen-bond acceptors (Lipinski definition) is 4. The quantitative estimate of drug-likeness (QED) is 0.827. The lowest BCUT2D eigenvalue weighted by Gasteiger charge is -2.20. The summed E-state index contributed by atoms with van der Waals surface area (Å²) in [5.74, 6) is 0.944. The van der Waals surface area contributed by atoms with Gasteiger partial charge in [-0.1, -0.05) is 0 Å². The SMILES string of the molecule is CN(Cc1nccn1C)c1cc(C#N)ccc1N. The van der Waals surface area contributed by atoms with Crippen LogP contribution in [0.1, 0.15) is 11.4 Å². The molecule has 0 saturated heterocycles. The van der Waals surface area contributed by atoms with Gasteiger partial charge in [0.1, 0.15) is 5.82 Å². The van der Waals surface area contributed by atoms with E-state index in [1.807, 2.05) is 29.8 Å². The molecule has 0 unspecified atom stereocenters. The highest BCUT2D eigenvalue weighted by atomic mass is 15.2. The van der Waals surface area contributed by atoms with Gasteiger partial charge in [0.05, 0.1) is 29.6 Å². The first kappa shape index (κ1) is 12.0. The number of anilines is 2. The summed E-state index contributed by atoms with van der Waals surface area (Å²) >= 11 is 0. The van der Waals surface area contributed by atoms with Crippen molar-refractivity contribution in [1.82, 2.24) is 9.55 Å². The number of aryl methyl sites for hydroxylation is 1. The summed E-state index contributed by atoms with van der Waals surface area (Å²) in [6.07, 6.45) is 3.66. The van der Waals surface area contributed by atoms with Crippen LogP contribution in [0.2, 0.25) is 0 Å². The lowest BCUT2D eigenvalue weighted by molar-refractivity contribution is 0.762. The fourth-order valence-electron chi connectivity index (χ4n) is 1.79. The van der Waals surface area contributed by atoms with Gasteiger partial charge in [0.15, 0.2) is 0 Å². The molecule has 2 N–H and O–H groups in total. The number of nitrogens with zero attached hydrogens (tertiary/aromatic N) is 4. The summed E-state index contributed by atoms with van der Waals surface area (Å²) in [6, 6.07) is 7.38. The van der Waals surface area contributed by atoms with Crippen LogP contribution in [0.15, 0.2) is 30.6 Å². The Morgan fingerprint density at radius 2 is 2.28 bits per heavy atom. The van der Waals surface area contributed by atoms with E-state index in [1.165, 1.54) is 0 Å². The topological polar surface area (TPSA) is 70.9 Å². The maximum Gasteiger partial charge on any atom is 0.127 e. The van der Waals surface area contributed by atoms with Gasteiger partial charge in [-0.05, 0) is 18.2 Å². The molecule has 92 valence electrons. The molecular formula is C13H15N5. The number of nitriles is 1. The fourth-order valence-corrected chi connectivity index (χ4v) is 1.79. The number of nitrogen functional groups attached to an aromatic ring is 1. The number of rotatable bonds is 3. The van der Waals surface area contributed by atoms with Crippen molar-refractivity contribution in [3.8, 4) is 6.07 Å². The number of aromatic nitrogens is 2. The van der Waals surface area contributed by atoms with Crippen LogP contribution in [-0.2, 0) is 13.6 Å². The zero-order chi connectivity index (χ0) is 13.1. The van der Waals surface area contributed by atoms with E-state index in [4.69, 9.17) is 11.0 Å². The molecule has 0 atom stereocenters. The summed E-state index contributed by atoms with van der Waals surface area (Å²) in [7, 11) is 3.88. The second-order valence-corrected chi connectivity index (χ2v) is 4.20. The average Bonchev–Trinajstić information content (AvgIpc) is 2.75. The minimum absolute atomic E-state index is 0.603. The first-order chi connectivity index (χ1) is 8.61. The van der Waals surface area contributed by atoms with E-state index in [0.717, 1.165) is 11.5 Å². The van der Waals surface area contributed by atoms with Crippen LogP contribution in [0.25, 0.3) is 0 Å². The smallest absolute Gasteiger partial charge is 0.127 e. The predicted molar refractivity (Wildman–Crippen MR) is 70.9 cm³/mol. The largest absolute Gasteiger partial charge is 0.397 e. The highest BCUT2D eigenvalue weighted by molar-refractivity contribution is 5.69. The molecule has 1 heterocycles. The molecule has 0 fully saturated rings. The van der Waals surface area contributed by atoms with Crippen molar-refractivity contribution in [2.75, 3.05) is 17.7 Å². The van der Waals surface area contributed by atoms with Gasteiger partial charge >= 0.3 is 0 Å². The van der Waals surface area contributed by atoms with Gasteiger partial charge in [0.25, 0.3) is 0 Å². The molecule has 0 bridgehead atoms. The Balaban J connectivity index is 2.26. The third kappa shape index (κ3) is 2.28. The minimum atomic E-state index is 0.603. The molecular weight excluding hydrogens is 226 g/mol. The number of benzene rings is 1. The van der Waals surface area contributed by atoms with Gasteiger partial charge in [0.2, 0.25) is 0 Å². The summed E-state index contributed by atoms with van der Waals surface area (Å²) in [6.45, 7) is 0.641. The maximum absolute atomic E-state index is 8.91. The molecule has 0 spiro atoms. The molecule has 0 aliphatic carbocycles. The first-order valence-electron chi connectivity index (χ1n) is 5.59. The number of imidazole rings is 1. The number of hydrogen-bond donors (Lipinski definition) is 1. The third-order valence-electron chi connectivity index (χ3n) is 2.87. The monoisotopic (exact) mass is 241 g/mol. The Morgan fingerprint density at radius 3 is 2.89 bits per heavy atom. The summed E-state index contributed by atoms with van der Waals surface area (Å²) in [5, 5.41) is 8.91. The van der Waals surface area contributed by atoms with E-state index >= 15 is 0 Å². The molecule has 0 aliphatic rings. The highest BCUT2D eigenvalue weighted by Gasteiger charge is 2.09. The van der Waals surface area contributed by atoms with Crippen LogP contribution in [0.4, 0.5) is 11.4 Å². The molecule has 2 rings (SSSR count). The van der Waals surface area contributed by atoms with E-state index in [0.29, 0.717) is 17.8 Å². The molecule has 5 heteroatoms. The maximum atomic E-state index is 8.91. The molecule has 0 amide bonds. The van der Waals surface area contributed by atoms with E-state index in [1.54, 1.807) is 24.4 Å². The summed E-state index contributed by atoms with van der Waals surface area (Å²) < 4.78 is 1.96. The van der Waals surface area contributed by atoms with Gasteiger partial charge < -0.3 is 15.2 Å². The standard InChI is InChI=1S/C13H15N5/c1-17-6-5-16-13(17)9-18(2)12-7-10(8-14)3-4-11(12)15/h3-7H,9,15H2,1-2H3. The van der Waals surface area contributed by atoms with Crippen LogP contribution in [-0.4, -0.2) is 16.6 Å². The van der Waals surface area contributed by atoms with Crippen molar-refractivity contribution in [2.24, 2.45) is 7.05 Å². The summed E-state index contributed by atoms with van der Waals surface area (Å²) in [5.41, 5.74) is 8.04. The third-order valence-corrected chi connectivity index (χ3v) is 2.87. The van der Waals surface area contributed by atoms with Gasteiger partial charge in [-0.25, -0.2) is 4.98 Å². The van der Waals surface area contributed by atoms with Crippen molar-refractivity contribution < 1.29 is 0 Å². The fraction of sp³-hybridized carbons (Fsp3) is 0.231. The molecule has 0 saturated carbocycles. The van der Waals surface area contributed by atoms with E-state index in [2.05, 4.69) is 11.1 Å². The molecule has 2 aromatic rings. The van der Waals surface area contributed by atoms with Gasteiger partial charge in [-0.2, -0.15) is 5.26 Å². The molecule has 1 aromatic carbocycles. The van der Waals surface area contributed by atoms with Crippen LogP contribution in [0.3, 0.4) is 0 Å². The lowest BCUT2D eigenvalue weighted by Crippen LogP contribution is -2.20. The van der Waals surface area contributed by atoms with Crippen LogP contribution < -0.4 is 10.6 Å². The van der Waals surface area contributed by atoms with Crippen LogP contribution in [0, 0.1) is 11.3 Å². The Morgan fingerprint density at radius 1 is 1.50 bits per heavy atom. The second kappa shape index (κ2) is 4.80. The molecule has 5 nitrogen and oxygen atoms in total. The normalized spacial score (nSPS) is 10.1. The predicted octanol–water partition coefficient (Wildman–Crippen LogP) is 1.51. The Hall–Kier alpha value is -2.48. The van der Waals surface area contributed by atoms with E-state index in [9.17, 15) is 0 Å². The lowest BCUT2D eigenvalue weighted by atomic mass is 10.1. The summed E-state index contributed by atoms with van der Waals surface area (Å²) in [4.78, 5) is 6.25. The van der Waals surface area contributed by atoms with E-state index in [-0.39, 0.29) is 0 Å². The molecule has 1 aromatic heterocycles. The number of nitrogens with two attached hydrogens (primary N) is 1. The van der Waals surface area contributed by atoms with Crippen molar-refractivity contribution >= 4 is 11.4 Å². The highest BCUT2D eigenvalue weighted by Crippen LogP contribution is 2.24.